The first-order valence-corrected chi connectivity index (χ1v) is 6.31. The van der Waals surface area contributed by atoms with E-state index in [4.69, 9.17) is 28.9 Å². The lowest BCUT2D eigenvalue weighted by molar-refractivity contribution is -0.130. The molecule has 1 aromatic rings. The third-order valence-electron chi connectivity index (χ3n) is 2.83. The molecule has 0 spiro atoms. The standard InChI is InChI=1S/C12H14Cl2N2O/c13-9-1-4-11(14)8(5-9)7-16(10-2-3-10)12(17)6-15/h1,4-5,10H,2-3,6-7,15H2. The van der Waals surface area contributed by atoms with E-state index in [1.807, 2.05) is 0 Å². The first kappa shape index (κ1) is 12.7. The molecule has 0 heterocycles. The van der Waals surface area contributed by atoms with Crippen molar-refractivity contribution in [3.05, 3.63) is 33.8 Å². The van der Waals surface area contributed by atoms with E-state index >= 15 is 0 Å². The van der Waals surface area contributed by atoms with Gasteiger partial charge in [-0.1, -0.05) is 23.2 Å². The van der Waals surface area contributed by atoms with Crippen molar-refractivity contribution in [3.8, 4) is 0 Å². The van der Waals surface area contributed by atoms with Crippen LogP contribution in [0.15, 0.2) is 18.2 Å². The Labute approximate surface area is 110 Å². The molecule has 5 heteroatoms. The number of hydrogen-bond acceptors (Lipinski definition) is 2. The zero-order valence-corrected chi connectivity index (χ0v) is 10.8. The SMILES string of the molecule is NCC(=O)N(Cc1cc(Cl)ccc1Cl)C1CC1. The lowest BCUT2D eigenvalue weighted by Crippen LogP contribution is -2.37. The summed E-state index contributed by atoms with van der Waals surface area (Å²) in [5.74, 6) is -0.0384. The van der Waals surface area contributed by atoms with Gasteiger partial charge in [0.25, 0.3) is 0 Å². The van der Waals surface area contributed by atoms with Gasteiger partial charge in [0, 0.05) is 22.6 Å². The Morgan fingerprint density at radius 2 is 2.12 bits per heavy atom. The first-order chi connectivity index (χ1) is 8.11. The van der Waals surface area contributed by atoms with Crippen LogP contribution in [0.5, 0.6) is 0 Å². The molecular formula is C12H14Cl2N2O. The van der Waals surface area contributed by atoms with Crippen molar-refractivity contribution in [2.24, 2.45) is 5.73 Å². The van der Waals surface area contributed by atoms with E-state index in [1.165, 1.54) is 0 Å². The number of carbonyl (C=O) groups excluding carboxylic acids is 1. The molecule has 1 aliphatic carbocycles. The number of nitrogens with two attached hydrogens (primary N) is 1. The van der Waals surface area contributed by atoms with Gasteiger partial charge in [0.1, 0.15) is 0 Å². The van der Waals surface area contributed by atoms with Crippen LogP contribution in [0.2, 0.25) is 10.0 Å². The van der Waals surface area contributed by atoms with Gasteiger partial charge in [0.2, 0.25) is 5.91 Å². The van der Waals surface area contributed by atoms with Crippen LogP contribution >= 0.6 is 23.2 Å². The van der Waals surface area contributed by atoms with Gasteiger partial charge in [-0.05, 0) is 36.6 Å². The predicted octanol–water partition coefficient (Wildman–Crippen LogP) is 2.44. The zero-order chi connectivity index (χ0) is 12.4. The molecule has 1 saturated carbocycles. The molecule has 0 aromatic heterocycles. The average Bonchev–Trinajstić information content (AvgIpc) is 3.13. The van der Waals surface area contributed by atoms with Gasteiger partial charge in [0.05, 0.1) is 6.54 Å². The second kappa shape index (κ2) is 5.25. The molecule has 0 saturated heterocycles. The van der Waals surface area contributed by atoms with E-state index in [1.54, 1.807) is 23.1 Å². The van der Waals surface area contributed by atoms with Crippen molar-refractivity contribution in [1.82, 2.24) is 4.90 Å². The summed E-state index contributed by atoms with van der Waals surface area (Å²) in [5, 5.41) is 1.25. The first-order valence-electron chi connectivity index (χ1n) is 5.55. The maximum atomic E-state index is 11.7. The minimum atomic E-state index is -0.0384. The summed E-state index contributed by atoms with van der Waals surface area (Å²) in [6.45, 7) is 0.523. The van der Waals surface area contributed by atoms with Crippen LogP contribution in [0.25, 0.3) is 0 Å². The van der Waals surface area contributed by atoms with E-state index in [9.17, 15) is 4.79 Å². The summed E-state index contributed by atoms with van der Waals surface area (Å²) in [6.07, 6.45) is 2.09. The average molecular weight is 273 g/mol. The summed E-state index contributed by atoms with van der Waals surface area (Å²) >= 11 is 12.0. The van der Waals surface area contributed by atoms with Crippen LogP contribution in [-0.4, -0.2) is 23.4 Å². The van der Waals surface area contributed by atoms with Gasteiger partial charge >= 0.3 is 0 Å². The van der Waals surface area contributed by atoms with Crippen molar-refractivity contribution >= 4 is 29.1 Å². The number of amides is 1. The number of nitrogens with zero attached hydrogens (tertiary/aromatic N) is 1. The summed E-state index contributed by atoms with van der Waals surface area (Å²) in [6, 6.07) is 5.60. The van der Waals surface area contributed by atoms with Crippen molar-refractivity contribution in [2.75, 3.05) is 6.54 Å². The van der Waals surface area contributed by atoms with Gasteiger partial charge in [-0.3, -0.25) is 4.79 Å². The fraction of sp³-hybridized carbons (Fsp3) is 0.417. The summed E-state index contributed by atoms with van der Waals surface area (Å²) in [5.41, 5.74) is 6.28. The number of halogens is 2. The van der Waals surface area contributed by atoms with Crippen LogP contribution < -0.4 is 5.73 Å². The molecule has 0 atom stereocenters. The fourth-order valence-electron chi connectivity index (χ4n) is 1.77. The Morgan fingerprint density at radius 1 is 1.41 bits per heavy atom. The Morgan fingerprint density at radius 3 is 2.71 bits per heavy atom. The predicted molar refractivity (Wildman–Crippen MR) is 69.1 cm³/mol. The van der Waals surface area contributed by atoms with Crippen molar-refractivity contribution in [3.63, 3.8) is 0 Å². The maximum absolute atomic E-state index is 11.7. The van der Waals surface area contributed by atoms with Crippen LogP contribution in [0, 0.1) is 0 Å². The fourth-order valence-corrected chi connectivity index (χ4v) is 2.14. The smallest absolute Gasteiger partial charge is 0.236 e. The van der Waals surface area contributed by atoms with Crippen LogP contribution in [0.1, 0.15) is 18.4 Å². The second-order valence-electron chi connectivity index (χ2n) is 4.19. The number of benzene rings is 1. The molecule has 0 aliphatic heterocycles. The minimum Gasteiger partial charge on any atom is -0.334 e. The number of hydrogen-bond donors (Lipinski definition) is 1. The zero-order valence-electron chi connectivity index (χ0n) is 9.33. The highest BCUT2D eigenvalue weighted by Crippen LogP contribution is 2.30. The highest BCUT2D eigenvalue weighted by atomic mass is 35.5. The van der Waals surface area contributed by atoms with Crippen LogP contribution in [0.3, 0.4) is 0 Å². The molecule has 0 radical (unpaired) electrons. The lowest BCUT2D eigenvalue weighted by Gasteiger charge is -2.22. The molecular weight excluding hydrogens is 259 g/mol. The third kappa shape index (κ3) is 3.12. The van der Waals surface area contributed by atoms with Crippen molar-refractivity contribution in [1.29, 1.82) is 0 Å². The minimum absolute atomic E-state index is 0.0364. The third-order valence-corrected chi connectivity index (χ3v) is 3.43. The molecule has 0 unspecified atom stereocenters. The van der Waals surface area contributed by atoms with Gasteiger partial charge in [-0.25, -0.2) is 0 Å². The van der Waals surface area contributed by atoms with E-state index in [-0.39, 0.29) is 12.5 Å². The molecule has 3 nitrogen and oxygen atoms in total. The van der Waals surface area contributed by atoms with E-state index in [0.29, 0.717) is 22.6 Å². The van der Waals surface area contributed by atoms with Crippen molar-refractivity contribution < 1.29 is 4.79 Å². The largest absolute Gasteiger partial charge is 0.334 e. The summed E-state index contributed by atoms with van der Waals surface area (Å²) in [4.78, 5) is 13.5. The normalized spacial score (nSPS) is 14.8. The van der Waals surface area contributed by atoms with E-state index in [2.05, 4.69) is 0 Å². The van der Waals surface area contributed by atoms with E-state index in [0.717, 1.165) is 18.4 Å². The lowest BCUT2D eigenvalue weighted by atomic mass is 10.2. The van der Waals surface area contributed by atoms with Crippen molar-refractivity contribution in [2.45, 2.75) is 25.4 Å². The molecule has 92 valence electrons. The Bertz CT molecular complexity index is 433. The van der Waals surface area contributed by atoms with Gasteiger partial charge < -0.3 is 10.6 Å². The molecule has 1 amide bonds. The molecule has 2 N–H and O–H groups in total. The molecule has 1 aliphatic rings. The number of rotatable bonds is 4. The van der Waals surface area contributed by atoms with Gasteiger partial charge in [-0.15, -0.1) is 0 Å². The molecule has 17 heavy (non-hydrogen) atoms. The van der Waals surface area contributed by atoms with Gasteiger partial charge in [-0.2, -0.15) is 0 Å². The summed E-state index contributed by atoms with van der Waals surface area (Å²) in [7, 11) is 0. The number of carbonyl (C=O) groups is 1. The van der Waals surface area contributed by atoms with Gasteiger partial charge in [0.15, 0.2) is 0 Å². The van der Waals surface area contributed by atoms with E-state index < -0.39 is 0 Å². The summed E-state index contributed by atoms with van der Waals surface area (Å²) < 4.78 is 0. The monoisotopic (exact) mass is 272 g/mol. The molecule has 2 rings (SSSR count). The Hall–Kier alpha value is -0.770. The Balaban J connectivity index is 2.16. The Kier molecular flexibility index (Phi) is 3.92. The molecule has 0 bridgehead atoms. The maximum Gasteiger partial charge on any atom is 0.236 e. The topological polar surface area (TPSA) is 46.3 Å². The van der Waals surface area contributed by atoms with Crippen LogP contribution in [0.4, 0.5) is 0 Å². The molecule has 1 aromatic carbocycles. The highest BCUT2D eigenvalue weighted by molar-refractivity contribution is 6.33. The molecule has 1 fully saturated rings. The van der Waals surface area contributed by atoms with Crippen LogP contribution in [-0.2, 0) is 11.3 Å². The highest BCUT2D eigenvalue weighted by Gasteiger charge is 2.32. The second-order valence-corrected chi connectivity index (χ2v) is 5.04. The quantitative estimate of drug-likeness (QED) is 0.915.